The summed E-state index contributed by atoms with van der Waals surface area (Å²) in [5.41, 5.74) is 1.68. The fourth-order valence-corrected chi connectivity index (χ4v) is 2.15. The van der Waals surface area contributed by atoms with Gasteiger partial charge in [0.1, 0.15) is 28.8 Å². The first kappa shape index (κ1) is 15.6. The summed E-state index contributed by atoms with van der Waals surface area (Å²) in [5, 5.41) is 37.5. The van der Waals surface area contributed by atoms with Gasteiger partial charge in [0, 0.05) is 11.1 Å². The Hall–Kier alpha value is -3.80. The maximum atomic E-state index is 11.9. The van der Waals surface area contributed by atoms with E-state index in [0.29, 0.717) is 0 Å². The topological polar surface area (TPSA) is 177 Å². The van der Waals surface area contributed by atoms with Gasteiger partial charge in [-0.3, -0.25) is 4.79 Å². The maximum absolute atomic E-state index is 11.9. The number of hydrogen-bond acceptors (Lipinski definition) is 6. The summed E-state index contributed by atoms with van der Waals surface area (Å²) in [6, 6.07) is 5.41. The van der Waals surface area contributed by atoms with Crippen LogP contribution in [0, 0.1) is 11.3 Å². The molecule has 9 heteroatoms. The van der Waals surface area contributed by atoms with Crippen molar-refractivity contribution in [2.75, 3.05) is 5.73 Å². The van der Waals surface area contributed by atoms with Crippen LogP contribution in [0.4, 0.5) is 5.82 Å². The molecule has 0 aliphatic rings. The van der Waals surface area contributed by atoms with Crippen LogP contribution in [-0.4, -0.2) is 32.2 Å². The highest BCUT2D eigenvalue weighted by molar-refractivity contribution is 6.08. The molecular formula is C14H9N3O6. The van der Waals surface area contributed by atoms with Crippen molar-refractivity contribution in [3.63, 3.8) is 0 Å². The molecule has 0 aliphatic heterocycles. The average Bonchev–Trinajstić information content (AvgIpc) is 2.45. The van der Waals surface area contributed by atoms with E-state index in [9.17, 15) is 29.7 Å². The minimum absolute atomic E-state index is 0.214. The number of pyridine rings is 1. The number of nitrogens with zero attached hydrogens (tertiary/aromatic N) is 1. The number of carboxylic acids is 2. The normalized spacial score (nSPS) is 10.0. The van der Waals surface area contributed by atoms with Crippen LogP contribution in [0.2, 0.25) is 0 Å². The van der Waals surface area contributed by atoms with Crippen molar-refractivity contribution in [2.24, 2.45) is 0 Å². The van der Waals surface area contributed by atoms with Crippen molar-refractivity contribution in [1.29, 1.82) is 5.26 Å². The number of rotatable bonds is 3. The molecule has 0 amide bonds. The van der Waals surface area contributed by atoms with E-state index in [1.165, 1.54) is 18.2 Å². The van der Waals surface area contributed by atoms with Crippen molar-refractivity contribution in [3.8, 4) is 22.9 Å². The molecule has 0 aliphatic carbocycles. The van der Waals surface area contributed by atoms with Crippen LogP contribution in [0.25, 0.3) is 11.1 Å². The quantitative estimate of drug-likeness (QED) is 0.546. The third-order valence-electron chi connectivity index (χ3n) is 3.10. The number of nitrogens with two attached hydrogens (primary N) is 1. The zero-order chi connectivity index (χ0) is 17.3. The van der Waals surface area contributed by atoms with Crippen LogP contribution in [-0.2, 0) is 0 Å². The van der Waals surface area contributed by atoms with Gasteiger partial charge >= 0.3 is 11.9 Å². The number of phenols is 1. The number of hydrogen-bond donors (Lipinski definition) is 5. The Kier molecular flexibility index (Phi) is 3.75. The molecule has 0 radical (unpaired) electrons. The van der Waals surface area contributed by atoms with Gasteiger partial charge in [0.15, 0.2) is 0 Å². The van der Waals surface area contributed by atoms with Gasteiger partial charge in [0.05, 0.1) is 5.56 Å². The Morgan fingerprint density at radius 1 is 1.17 bits per heavy atom. The molecule has 9 nitrogen and oxygen atoms in total. The Labute approximate surface area is 127 Å². The summed E-state index contributed by atoms with van der Waals surface area (Å²) in [5.74, 6) is -4.52. The Bertz CT molecular complexity index is 939. The minimum Gasteiger partial charge on any atom is -0.506 e. The molecule has 1 aromatic heterocycles. The number of anilines is 1. The number of nitriles is 1. The lowest BCUT2D eigenvalue weighted by Crippen LogP contribution is -2.24. The standard InChI is InChI=1S/C14H9N3O6/c15-4-5-2-1-3-6(10(5)18)7-8(13(20)21)11(16)17-12(19)9(7)14(22)23/h1-3,18H,(H,20,21)(H,22,23)(H3,16,17,19). The smallest absolute Gasteiger partial charge is 0.342 e. The van der Waals surface area contributed by atoms with Crippen molar-refractivity contribution < 1.29 is 24.9 Å². The van der Waals surface area contributed by atoms with E-state index >= 15 is 0 Å². The number of benzene rings is 1. The third kappa shape index (κ3) is 2.44. The van der Waals surface area contributed by atoms with Crippen molar-refractivity contribution in [2.45, 2.75) is 0 Å². The lowest BCUT2D eigenvalue weighted by Gasteiger charge is -2.13. The molecule has 0 unspecified atom stereocenters. The van der Waals surface area contributed by atoms with Gasteiger partial charge in [-0.1, -0.05) is 12.1 Å². The fourth-order valence-electron chi connectivity index (χ4n) is 2.15. The highest BCUT2D eigenvalue weighted by Crippen LogP contribution is 2.36. The lowest BCUT2D eigenvalue weighted by molar-refractivity contribution is 0.0695. The summed E-state index contributed by atoms with van der Waals surface area (Å²) >= 11 is 0. The largest absolute Gasteiger partial charge is 0.506 e. The van der Waals surface area contributed by atoms with Crippen molar-refractivity contribution >= 4 is 17.8 Å². The highest BCUT2D eigenvalue weighted by Gasteiger charge is 2.28. The molecule has 0 saturated carbocycles. The monoisotopic (exact) mass is 315 g/mol. The Morgan fingerprint density at radius 2 is 1.78 bits per heavy atom. The predicted octanol–water partition coefficient (Wildman–Crippen LogP) is 0.598. The van der Waals surface area contributed by atoms with Crippen LogP contribution in [0.1, 0.15) is 26.3 Å². The number of H-pyrrole nitrogens is 1. The molecular weight excluding hydrogens is 306 g/mol. The van der Waals surface area contributed by atoms with Crippen molar-refractivity contribution in [3.05, 3.63) is 45.2 Å². The molecule has 116 valence electrons. The zero-order valence-corrected chi connectivity index (χ0v) is 11.3. The second-order valence-corrected chi connectivity index (χ2v) is 4.42. The fraction of sp³-hybridized carbons (Fsp3) is 0. The summed E-state index contributed by atoms with van der Waals surface area (Å²) in [6.45, 7) is 0. The van der Waals surface area contributed by atoms with Gasteiger partial charge in [-0.15, -0.1) is 0 Å². The molecule has 2 rings (SSSR count). The SMILES string of the molecule is N#Cc1cccc(-c2c(C(=O)O)c(N)[nH]c(=O)c2C(=O)O)c1O. The summed E-state index contributed by atoms with van der Waals surface area (Å²) in [7, 11) is 0. The van der Waals surface area contributed by atoms with Crippen LogP contribution in [0.5, 0.6) is 5.75 Å². The van der Waals surface area contributed by atoms with Crippen LogP contribution >= 0.6 is 0 Å². The van der Waals surface area contributed by atoms with Crippen LogP contribution in [0.3, 0.4) is 0 Å². The number of phenolic OH excluding ortho intramolecular Hbond substituents is 1. The number of nitrogen functional groups attached to an aromatic ring is 1. The molecule has 0 saturated heterocycles. The van der Waals surface area contributed by atoms with E-state index in [-0.39, 0.29) is 11.1 Å². The number of carboxylic acid groups (broad SMARTS) is 2. The summed E-state index contributed by atoms with van der Waals surface area (Å²) in [4.78, 5) is 36.6. The van der Waals surface area contributed by atoms with Gasteiger partial charge in [0.2, 0.25) is 0 Å². The first-order chi connectivity index (χ1) is 10.8. The summed E-state index contributed by atoms with van der Waals surface area (Å²) in [6.07, 6.45) is 0. The van der Waals surface area contributed by atoms with Gasteiger partial charge in [-0.05, 0) is 6.07 Å². The average molecular weight is 315 g/mol. The summed E-state index contributed by atoms with van der Waals surface area (Å²) < 4.78 is 0. The predicted molar refractivity (Wildman–Crippen MR) is 77.2 cm³/mol. The first-order valence-electron chi connectivity index (χ1n) is 6.04. The molecule has 0 fully saturated rings. The van der Waals surface area contributed by atoms with E-state index in [2.05, 4.69) is 0 Å². The van der Waals surface area contributed by atoms with Crippen LogP contribution in [0.15, 0.2) is 23.0 Å². The number of para-hydroxylation sites is 1. The molecule has 1 aromatic carbocycles. The van der Waals surface area contributed by atoms with Crippen molar-refractivity contribution in [1.82, 2.24) is 4.98 Å². The zero-order valence-electron chi connectivity index (χ0n) is 11.3. The number of carbonyl (C=O) groups is 2. The number of aromatic nitrogens is 1. The van der Waals surface area contributed by atoms with Gasteiger partial charge in [-0.25, -0.2) is 9.59 Å². The third-order valence-corrected chi connectivity index (χ3v) is 3.10. The van der Waals surface area contributed by atoms with E-state index in [1.807, 2.05) is 4.98 Å². The minimum atomic E-state index is -1.70. The number of aromatic amines is 1. The molecule has 0 bridgehead atoms. The van der Waals surface area contributed by atoms with E-state index in [0.717, 1.165) is 0 Å². The Morgan fingerprint density at radius 3 is 2.30 bits per heavy atom. The molecule has 1 heterocycles. The molecule has 6 N–H and O–H groups in total. The van der Waals surface area contributed by atoms with Gasteiger partial charge in [0.25, 0.3) is 5.56 Å². The van der Waals surface area contributed by atoms with E-state index in [1.54, 1.807) is 6.07 Å². The maximum Gasteiger partial charge on any atom is 0.342 e. The van der Waals surface area contributed by atoms with Gasteiger partial charge < -0.3 is 26.0 Å². The second-order valence-electron chi connectivity index (χ2n) is 4.42. The van der Waals surface area contributed by atoms with E-state index < -0.39 is 45.8 Å². The lowest BCUT2D eigenvalue weighted by atomic mass is 9.93. The van der Waals surface area contributed by atoms with Crippen LogP contribution < -0.4 is 11.3 Å². The number of aromatic hydroxyl groups is 1. The Balaban J connectivity index is 3.08. The second kappa shape index (κ2) is 5.53. The first-order valence-corrected chi connectivity index (χ1v) is 6.04. The number of aromatic carboxylic acids is 2. The van der Waals surface area contributed by atoms with Gasteiger partial charge in [-0.2, -0.15) is 5.26 Å². The molecule has 0 spiro atoms. The van der Waals surface area contributed by atoms with E-state index in [4.69, 9.17) is 11.0 Å². The highest BCUT2D eigenvalue weighted by atomic mass is 16.4. The molecule has 0 atom stereocenters. The molecule has 23 heavy (non-hydrogen) atoms. The number of nitrogens with one attached hydrogen (secondary N) is 1. The molecule has 2 aromatic rings.